The molecule has 0 radical (unpaired) electrons. The fourth-order valence-corrected chi connectivity index (χ4v) is 5.70. The van der Waals surface area contributed by atoms with Crippen LogP contribution in [-0.4, -0.2) is 71.4 Å². The molecule has 2 atom stereocenters. The standard InChI is InChI=1S/C29H25ClF2N6O4.CH4.2H2S/c1-15-35-25-11-34-24-10-22(31)19(18-3-2-17(8-21(18)30)42-29-33-6-4-16(13-39)36-29)9-20(24)28(25)38(15)26-5-7-37(12-23(26)32)27(41)14-40;;;/h2-4,6,8-11,23,26,39-40H,5,7,12-14H2,1H3;1H4;2*1H2/t23-,26-;;;/m0.../s1. The summed E-state index contributed by atoms with van der Waals surface area (Å²) < 4.78 is 38.5. The number of likely N-dealkylation sites (tertiary alicyclic amines) is 1. The van der Waals surface area contributed by atoms with Crippen LogP contribution in [0.15, 0.2) is 48.8 Å². The van der Waals surface area contributed by atoms with Crippen LogP contribution in [0.2, 0.25) is 5.02 Å². The smallest absolute Gasteiger partial charge is 0.322 e. The van der Waals surface area contributed by atoms with E-state index < -0.39 is 30.5 Å². The van der Waals surface area contributed by atoms with Crippen molar-refractivity contribution in [2.45, 2.75) is 39.6 Å². The van der Waals surface area contributed by atoms with Crippen LogP contribution in [0.1, 0.15) is 31.4 Å². The van der Waals surface area contributed by atoms with Crippen molar-refractivity contribution in [2.24, 2.45) is 0 Å². The molecule has 0 aliphatic carbocycles. The van der Waals surface area contributed by atoms with Gasteiger partial charge in [-0.25, -0.2) is 18.7 Å². The van der Waals surface area contributed by atoms with Gasteiger partial charge in [-0.05, 0) is 37.6 Å². The first-order chi connectivity index (χ1) is 20.3. The van der Waals surface area contributed by atoms with Crippen LogP contribution in [0.4, 0.5) is 8.78 Å². The molecule has 0 bridgehead atoms. The van der Waals surface area contributed by atoms with Crippen LogP contribution in [-0.2, 0) is 11.4 Å². The van der Waals surface area contributed by atoms with Crippen molar-refractivity contribution in [3.05, 3.63) is 71.2 Å². The third-order valence-corrected chi connectivity index (χ3v) is 7.71. The number of carbonyl (C=O) groups is 1. The normalized spacial score (nSPS) is 16.1. The molecule has 1 fully saturated rings. The zero-order valence-corrected chi connectivity index (χ0v) is 26.1. The van der Waals surface area contributed by atoms with Crippen molar-refractivity contribution in [3.63, 3.8) is 0 Å². The summed E-state index contributed by atoms with van der Waals surface area (Å²) in [6.07, 6.45) is 1.90. The summed E-state index contributed by atoms with van der Waals surface area (Å²) in [5, 5.41) is 19.3. The van der Waals surface area contributed by atoms with Gasteiger partial charge in [-0.15, -0.1) is 0 Å². The number of fused-ring (bicyclic) bond motifs is 3. The van der Waals surface area contributed by atoms with Gasteiger partial charge in [0.05, 0.1) is 47.1 Å². The van der Waals surface area contributed by atoms with Crippen LogP contribution >= 0.6 is 38.6 Å². The molecule has 1 amide bonds. The number of aromatic nitrogens is 5. The van der Waals surface area contributed by atoms with Gasteiger partial charge in [0.15, 0.2) is 0 Å². The second-order valence-electron chi connectivity index (χ2n) is 9.97. The Morgan fingerprint density at radius 3 is 2.56 bits per heavy atom. The summed E-state index contributed by atoms with van der Waals surface area (Å²) in [4.78, 5) is 30.4. The molecule has 4 heterocycles. The molecule has 1 aliphatic rings. The zero-order chi connectivity index (χ0) is 29.5. The number of carbonyl (C=O) groups excluding carboxylic acids is 1. The summed E-state index contributed by atoms with van der Waals surface area (Å²) in [5.41, 5.74) is 2.48. The number of aliphatic hydroxyl groups excluding tert-OH is 2. The van der Waals surface area contributed by atoms with E-state index in [0.29, 0.717) is 51.2 Å². The molecule has 45 heavy (non-hydrogen) atoms. The third kappa shape index (κ3) is 6.84. The van der Waals surface area contributed by atoms with Gasteiger partial charge in [0, 0.05) is 41.4 Å². The highest BCUT2D eigenvalue weighted by molar-refractivity contribution is 7.59. The highest BCUT2D eigenvalue weighted by atomic mass is 35.5. The lowest BCUT2D eigenvalue weighted by atomic mass is 10.00. The predicted molar refractivity (Wildman–Crippen MR) is 178 cm³/mol. The molecule has 0 saturated carbocycles. The van der Waals surface area contributed by atoms with Gasteiger partial charge in [0.2, 0.25) is 5.91 Å². The maximum Gasteiger partial charge on any atom is 0.322 e. The Morgan fingerprint density at radius 2 is 1.87 bits per heavy atom. The van der Waals surface area contributed by atoms with Crippen molar-refractivity contribution < 1.29 is 28.5 Å². The molecule has 0 spiro atoms. The zero-order valence-electron chi connectivity index (χ0n) is 23.3. The molecular weight excluding hydrogens is 646 g/mol. The fourth-order valence-electron chi connectivity index (χ4n) is 5.43. The molecule has 1 saturated heterocycles. The van der Waals surface area contributed by atoms with Crippen LogP contribution in [0.25, 0.3) is 33.1 Å². The quantitative estimate of drug-likeness (QED) is 0.245. The lowest BCUT2D eigenvalue weighted by molar-refractivity contribution is -0.137. The predicted octanol–water partition coefficient (Wildman–Crippen LogP) is 5.39. The average Bonchev–Trinajstić information content (AvgIpc) is 3.32. The molecule has 5 aromatic rings. The van der Waals surface area contributed by atoms with E-state index in [2.05, 4.69) is 19.9 Å². The van der Waals surface area contributed by atoms with Gasteiger partial charge in [0.1, 0.15) is 35.7 Å². The third-order valence-electron chi connectivity index (χ3n) is 7.40. The lowest BCUT2D eigenvalue weighted by Gasteiger charge is -2.35. The Kier molecular flexibility index (Phi) is 11.7. The maximum atomic E-state index is 15.5. The molecule has 2 N–H and O–H groups in total. The van der Waals surface area contributed by atoms with E-state index in [0.717, 1.165) is 0 Å². The highest BCUT2D eigenvalue weighted by Crippen LogP contribution is 2.39. The summed E-state index contributed by atoms with van der Waals surface area (Å²) in [5.74, 6) is -0.187. The maximum absolute atomic E-state index is 15.5. The SMILES string of the molecule is C.Cc1nc2cnc3cc(F)c(-c4ccc(Oc5nccc(CO)n5)cc4Cl)cc3c2n1[C@H]1CCN(C(=O)CO)C[C@@H]1F.S.S. The molecule has 2 aromatic carbocycles. The van der Waals surface area contributed by atoms with Crippen LogP contribution in [0.3, 0.4) is 0 Å². The van der Waals surface area contributed by atoms with Gasteiger partial charge in [-0.2, -0.15) is 32.0 Å². The van der Waals surface area contributed by atoms with E-state index in [9.17, 15) is 15.0 Å². The Balaban J connectivity index is 0.00000184. The summed E-state index contributed by atoms with van der Waals surface area (Å²) in [7, 11) is 0. The van der Waals surface area contributed by atoms with E-state index in [4.69, 9.17) is 16.3 Å². The number of aryl methyl sites for hydroxylation is 1. The van der Waals surface area contributed by atoms with E-state index >= 15 is 8.78 Å². The van der Waals surface area contributed by atoms with E-state index in [1.54, 1.807) is 35.8 Å². The summed E-state index contributed by atoms with van der Waals surface area (Å²) >= 11 is 6.60. The first-order valence-electron chi connectivity index (χ1n) is 13.2. The Hall–Kier alpha value is -3.56. The monoisotopic (exact) mass is 678 g/mol. The number of hydrogen-bond donors (Lipinski definition) is 2. The minimum absolute atomic E-state index is 0. The van der Waals surface area contributed by atoms with Gasteiger partial charge >= 0.3 is 6.01 Å². The lowest BCUT2D eigenvalue weighted by Crippen LogP contribution is -2.46. The minimum Gasteiger partial charge on any atom is -0.424 e. The number of ether oxygens (including phenoxy) is 1. The molecule has 10 nitrogen and oxygen atoms in total. The van der Waals surface area contributed by atoms with E-state index in [1.807, 2.05) is 0 Å². The largest absolute Gasteiger partial charge is 0.424 e. The van der Waals surface area contributed by atoms with E-state index in [1.165, 1.54) is 29.4 Å². The Labute approximate surface area is 276 Å². The van der Waals surface area contributed by atoms with Crippen LogP contribution < -0.4 is 4.74 Å². The minimum atomic E-state index is -1.41. The molecule has 6 rings (SSSR count). The number of pyridine rings is 1. The van der Waals surface area contributed by atoms with Crippen molar-refractivity contribution in [2.75, 3.05) is 19.7 Å². The van der Waals surface area contributed by atoms with E-state index in [-0.39, 0.29) is 70.7 Å². The molecule has 240 valence electrons. The molecule has 15 heteroatoms. The van der Waals surface area contributed by atoms with Gasteiger partial charge in [0.25, 0.3) is 0 Å². The number of amides is 1. The number of benzene rings is 2. The molecular formula is C30H33ClF2N6O4S2. The van der Waals surface area contributed by atoms with Gasteiger partial charge in [-0.3, -0.25) is 9.78 Å². The number of nitrogens with zero attached hydrogens (tertiary/aromatic N) is 6. The molecule has 0 unspecified atom stereocenters. The second kappa shape index (κ2) is 14.7. The van der Waals surface area contributed by atoms with Crippen molar-refractivity contribution in [1.82, 2.24) is 29.4 Å². The average molecular weight is 679 g/mol. The molecule has 3 aromatic heterocycles. The van der Waals surface area contributed by atoms with Crippen molar-refractivity contribution in [3.8, 4) is 22.9 Å². The number of halogens is 3. The van der Waals surface area contributed by atoms with Crippen LogP contribution in [0.5, 0.6) is 11.8 Å². The Bertz CT molecular complexity index is 1850. The number of hydrogen-bond acceptors (Lipinski definition) is 8. The fraction of sp³-hybridized carbons (Fsp3) is 0.300. The van der Waals surface area contributed by atoms with Crippen molar-refractivity contribution >= 4 is 66.4 Å². The second-order valence-corrected chi connectivity index (χ2v) is 10.4. The number of imidazole rings is 1. The highest BCUT2D eigenvalue weighted by Gasteiger charge is 2.34. The van der Waals surface area contributed by atoms with Crippen LogP contribution in [0, 0.1) is 12.7 Å². The first-order valence-corrected chi connectivity index (χ1v) is 13.5. The van der Waals surface area contributed by atoms with Crippen molar-refractivity contribution in [1.29, 1.82) is 0 Å². The number of piperidine rings is 1. The Morgan fingerprint density at radius 1 is 1.09 bits per heavy atom. The molecule has 1 aliphatic heterocycles. The number of aliphatic hydroxyl groups is 2. The number of alkyl halides is 1. The number of rotatable bonds is 6. The summed E-state index contributed by atoms with van der Waals surface area (Å²) in [6, 6.07) is 8.62. The first kappa shape index (κ1) is 35.9. The summed E-state index contributed by atoms with van der Waals surface area (Å²) in [6.45, 7) is 0.964. The van der Waals surface area contributed by atoms with Gasteiger partial charge < -0.3 is 24.4 Å². The van der Waals surface area contributed by atoms with Gasteiger partial charge in [-0.1, -0.05) is 19.0 Å². The topological polar surface area (TPSA) is 126 Å².